The maximum Gasteiger partial charge on any atom is 0.414 e. The van der Waals surface area contributed by atoms with Gasteiger partial charge in [0, 0.05) is 41.5 Å². The van der Waals surface area contributed by atoms with E-state index in [4.69, 9.17) is 23.9 Å². The molecular weight excluding hydrogens is 600 g/mol. The number of hydrogen-bond acceptors (Lipinski definition) is 9. The van der Waals surface area contributed by atoms with Crippen molar-refractivity contribution in [2.75, 3.05) is 13.2 Å². The van der Waals surface area contributed by atoms with Crippen LogP contribution in [-0.4, -0.2) is 54.2 Å². The molecule has 0 aromatic heterocycles. The Balaban J connectivity index is 1.56. The summed E-state index contributed by atoms with van der Waals surface area (Å²) in [6.07, 6.45) is 4.31. The van der Waals surface area contributed by atoms with E-state index >= 15 is 0 Å². The van der Waals surface area contributed by atoms with E-state index in [2.05, 4.69) is 16.0 Å². The number of ether oxygens (including phenoxy) is 4. The van der Waals surface area contributed by atoms with Crippen molar-refractivity contribution in [2.24, 2.45) is 4.99 Å². The van der Waals surface area contributed by atoms with Crippen LogP contribution < -0.4 is 30.2 Å². The number of amides is 2. The van der Waals surface area contributed by atoms with Crippen molar-refractivity contribution in [1.29, 1.82) is 0 Å². The highest BCUT2D eigenvalue weighted by Crippen LogP contribution is 2.42. The molecule has 4 bridgehead atoms. The van der Waals surface area contributed by atoms with Crippen LogP contribution in [0, 0.1) is 0 Å². The van der Waals surface area contributed by atoms with Crippen molar-refractivity contribution in [3.8, 4) is 17.2 Å². The number of nitrogens with one attached hydrogen (secondary N) is 3. The Morgan fingerprint density at radius 3 is 2.62 bits per heavy atom. The molecule has 0 radical (unpaired) electrons. The van der Waals surface area contributed by atoms with Crippen LogP contribution in [0.5, 0.6) is 17.2 Å². The van der Waals surface area contributed by atoms with Crippen LogP contribution in [0.1, 0.15) is 120 Å². The van der Waals surface area contributed by atoms with Crippen molar-refractivity contribution < 1.29 is 33.3 Å². The summed E-state index contributed by atoms with van der Waals surface area (Å²) in [5, 5.41) is 9.50. The number of fused-ring (bicyclic) bond motifs is 2. The number of aldehydes is 1. The van der Waals surface area contributed by atoms with Crippen LogP contribution in [0.3, 0.4) is 0 Å². The zero-order chi connectivity index (χ0) is 33.8. The first-order chi connectivity index (χ1) is 22.3. The molecule has 11 heteroatoms. The number of carbonyl (C=O) groups excluding carboxylic acids is 3. The molecule has 47 heavy (non-hydrogen) atoms. The minimum absolute atomic E-state index is 0.206. The van der Waals surface area contributed by atoms with Crippen molar-refractivity contribution in [1.82, 2.24) is 16.0 Å². The molecule has 0 fully saturated rings. The normalized spacial score (nSPS) is 24.1. The predicted molar refractivity (Wildman–Crippen MR) is 178 cm³/mol. The van der Waals surface area contributed by atoms with Gasteiger partial charge in [-0.3, -0.25) is 10.1 Å². The van der Waals surface area contributed by atoms with Gasteiger partial charge in [0.25, 0.3) is 5.91 Å². The fourth-order valence-electron chi connectivity index (χ4n) is 6.39. The summed E-state index contributed by atoms with van der Waals surface area (Å²) >= 11 is 0. The predicted octanol–water partition coefficient (Wildman–Crippen LogP) is 6.31. The van der Waals surface area contributed by atoms with E-state index in [0.29, 0.717) is 56.0 Å². The van der Waals surface area contributed by atoms with Gasteiger partial charge in [-0.25, -0.2) is 9.79 Å². The van der Waals surface area contributed by atoms with Gasteiger partial charge in [-0.05, 0) is 96.7 Å². The van der Waals surface area contributed by atoms with Gasteiger partial charge >= 0.3 is 6.09 Å². The molecule has 2 amide bonds. The molecule has 2 aromatic carbocycles. The Hall–Kier alpha value is -4.28. The molecule has 3 aliphatic rings. The van der Waals surface area contributed by atoms with Gasteiger partial charge in [0.2, 0.25) is 5.96 Å². The maximum atomic E-state index is 13.8. The third-order valence-electron chi connectivity index (χ3n) is 8.78. The fourth-order valence-corrected chi connectivity index (χ4v) is 6.39. The smallest absolute Gasteiger partial charge is 0.414 e. The Morgan fingerprint density at radius 1 is 1.09 bits per heavy atom. The number of rotatable bonds is 3. The van der Waals surface area contributed by atoms with Gasteiger partial charge in [-0.1, -0.05) is 6.92 Å². The number of benzene rings is 2. The van der Waals surface area contributed by atoms with Gasteiger partial charge in [-0.15, -0.1) is 0 Å². The molecule has 0 aliphatic carbocycles. The summed E-state index contributed by atoms with van der Waals surface area (Å²) in [4.78, 5) is 43.8. The van der Waals surface area contributed by atoms with Crippen LogP contribution in [-0.2, 0) is 9.53 Å². The summed E-state index contributed by atoms with van der Waals surface area (Å²) in [6, 6.07) is 10.4. The number of aliphatic imine (C=N–C) groups is 1. The quantitative estimate of drug-likeness (QED) is 0.330. The van der Waals surface area contributed by atoms with Crippen LogP contribution in [0.2, 0.25) is 0 Å². The second-order valence-electron chi connectivity index (χ2n) is 14.2. The molecular formula is C36H48N4O7. The van der Waals surface area contributed by atoms with Crippen molar-refractivity contribution in [3.63, 3.8) is 0 Å². The minimum Gasteiger partial charge on any atom is -0.494 e. The number of hydrogen-bond donors (Lipinski definition) is 3. The molecule has 3 heterocycles. The molecule has 254 valence electrons. The molecule has 3 atom stereocenters. The largest absolute Gasteiger partial charge is 0.494 e. The highest BCUT2D eigenvalue weighted by atomic mass is 16.6. The van der Waals surface area contributed by atoms with Crippen LogP contribution in [0.15, 0.2) is 41.4 Å². The van der Waals surface area contributed by atoms with Gasteiger partial charge in [0.1, 0.15) is 34.7 Å². The van der Waals surface area contributed by atoms with E-state index < -0.39 is 28.9 Å². The topological polar surface area (TPSA) is 137 Å². The highest BCUT2D eigenvalue weighted by Gasteiger charge is 2.36. The molecule has 0 saturated carbocycles. The minimum atomic E-state index is -0.726. The SMILES string of the molecule is CC[C@]1(CC=O)CCCCOc2ccc3c(c2)[C@H](CC(C)(C)O3)NC(=O)c2ccc3c(c2)C(CCO3)N=C(NC(=O)OC(C)(C)C)N1. The molecule has 5 rings (SSSR count). The number of alkyl carbamates (subject to hydrolysis) is 1. The third-order valence-corrected chi connectivity index (χ3v) is 8.78. The first kappa shape index (κ1) is 34.1. The van der Waals surface area contributed by atoms with Crippen molar-refractivity contribution >= 4 is 24.2 Å². The van der Waals surface area contributed by atoms with Crippen molar-refractivity contribution in [2.45, 2.75) is 115 Å². The second-order valence-corrected chi connectivity index (χ2v) is 14.2. The lowest BCUT2D eigenvalue weighted by molar-refractivity contribution is -0.109. The molecule has 1 unspecified atom stereocenters. The first-order valence-corrected chi connectivity index (χ1v) is 16.6. The van der Waals surface area contributed by atoms with E-state index in [0.717, 1.165) is 36.0 Å². The number of nitrogens with zero attached hydrogens (tertiary/aromatic N) is 1. The zero-order valence-corrected chi connectivity index (χ0v) is 28.4. The molecule has 2 aromatic rings. The first-order valence-electron chi connectivity index (χ1n) is 16.6. The summed E-state index contributed by atoms with van der Waals surface area (Å²) in [5.41, 5.74) is 0.185. The van der Waals surface area contributed by atoms with Crippen molar-refractivity contribution in [3.05, 3.63) is 53.1 Å². The van der Waals surface area contributed by atoms with Gasteiger partial charge < -0.3 is 34.4 Å². The van der Waals surface area contributed by atoms with Gasteiger partial charge in [0.05, 0.1) is 25.3 Å². The average molecular weight is 649 g/mol. The lowest BCUT2D eigenvalue weighted by atomic mass is 9.87. The number of carbonyl (C=O) groups is 3. The summed E-state index contributed by atoms with van der Waals surface area (Å²) < 4.78 is 24.0. The Bertz CT molecular complexity index is 1520. The summed E-state index contributed by atoms with van der Waals surface area (Å²) in [6.45, 7) is 12.3. The average Bonchev–Trinajstić information content (AvgIpc) is 2.99. The van der Waals surface area contributed by atoms with E-state index in [1.165, 1.54) is 0 Å². The summed E-state index contributed by atoms with van der Waals surface area (Å²) in [5.74, 6) is 2.01. The van der Waals surface area contributed by atoms with E-state index in [1.807, 2.05) is 39.0 Å². The molecule has 3 aliphatic heterocycles. The van der Waals surface area contributed by atoms with Crippen LogP contribution in [0.4, 0.5) is 4.79 Å². The fraction of sp³-hybridized carbons (Fsp3) is 0.556. The lowest BCUT2D eigenvalue weighted by Crippen LogP contribution is -2.55. The second kappa shape index (κ2) is 13.8. The van der Waals surface area contributed by atoms with Crippen LogP contribution in [0.25, 0.3) is 0 Å². The zero-order valence-electron chi connectivity index (χ0n) is 28.4. The molecule has 3 N–H and O–H groups in total. The standard InChI is InChI=1S/C36H48N4O7/c1-7-36(16-17-41)15-8-9-18-44-24-11-13-30-26(21-24)28(22-35(5,6)46-30)37-31(42)23-10-12-29-25(20-23)27(14-19-45-29)38-32(40-36)39-33(43)47-34(2,3)4/h10-13,17,20-21,27-28H,7-9,14-16,18-19,22H2,1-6H3,(H,37,42)(H2,38,39,40,43)/t27?,28-,36+/m0/s1. The van der Waals surface area contributed by atoms with Gasteiger partial charge in [-0.2, -0.15) is 0 Å². The molecule has 0 spiro atoms. The summed E-state index contributed by atoms with van der Waals surface area (Å²) in [7, 11) is 0. The third kappa shape index (κ3) is 8.55. The monoisotopic (exact) mass is 648 g/mol. The molecule has 11 nitrogen and oxygen atoms in total. The number of guanidine groups is 1. The molecule has 0 saturated heterocycles. The van der Waals surface area contributed by atoms with Crippen LogP contribution >= 0.6 is 0 Å². The van der Waals surface area contributed by atoms with E-state index in [1.54, 1.807) is 39.0 Å². The Kier molecular flexibility index (Phi) is 10.0. The Morgan fingerprint density at radius 2 is 1.87 bits per heavy atom. The Labute approximate surface area is 277 Å². The lowest BCUT2D eigenvalue weighted by Gasteiger charge is -2.38. The van der Waals surface area contributed by atoms with E-state index in [-0.39, 0.29) is 24.3 Å². The maximum absolute atomic E-state index is 13.8. The van der Waals surface area contributed by atoms with E-state index in [9.17, 15) is 14.4 Å². The highest BCUT2D eigenvalue weighted by molar-refractivity contribution is 5.96. The van der Waals surface area contributed by atoms with Gasteiger partial charge in [0.15, 0.2) is 0 Å².